The quantitative estimate of drug-likeness (QED) is 0.692. The van der Waals surface area contributed by atoms with Gasteiger partial charge in [-0.2, -0.15) is 0 Å². The summed E-state index contributed by atoms with van der Waals surface area (Å²) in [6, 6.07) is 4.01. The standard InChI is InChI=1S/C13H16O2/c1-9(14)13-11-6-4-3-5-10(11)7-8-12(13)15-2/h7-8H,3-6H2,1-2H3. The Hall–Kier alpha value is -1.31. The molecule has 1 aliphatic rings. The van der Waals surface area contributed by atoms with Gasteiger partial charge in [-0.3, -0.25) is 4.79 Å². The van der Waals surface area contributed by atoms with E-state index in [1.807, 2.05) is 6.07 Å². The van der Waals surface area contributed by atoms with Gasteiger partial charge in [0, 0.05) is 0 Å². The summed E-state index contributed by atoms with van der Waals surface area (Å²) in [5.41, 5.74) is 3.34. The Morgan fingerprint density at radius 1 is 1.27 bits per heavy atom. The van der Waals surface area contributed by atoms with Crippen molar-refractivity contribution >= 4 is 5.78 Å². The number of hydrogen-bond acceptors (Lipinski definition) is 2. The number of methoxy groups -OCH3 is 1. The Labute approximate surface area is 90.3 Å². The molecule has 0 saturated heterocycles. The van der Waals surface area contributed by atoms with Gasteiger partial charge >= 0.3 is 0 Å². The summed E-state index contributed by atoms with van der Waals surface area (Å²) >= 11 is 0. The molecule has 0 amide bonds. The summed E-state index contributed by atoms with van der Waals surface area (Å²) in [5.74, 6) is 0.841. The predicted molar refractivity (Wildman–Crippen MR) is 59.6 cm³/mol. The van der Waals surface area contributed by atoms with Crippen molar-refractivity contribution in [3.8, 4) is 5.75 Å². The third-order valence-electron chi connectivity index (χ3n) is 3.07. The number of ketones is 1. The van der Waals surface area contributed by atoms with Crippen molar-refractivity contribution in [2.24, 2.45) is 0 Å². The summed E-state index contributed by atoms with van der Waals surface area (Å²) in [4.78, 5) is 11.6. The maximum absolute atomic E-state index is 11.6. The summed E-state index contributed by atoms with van der Waals surface area (Å²) in [7, 11) is 1.62. The van der Waals surface area contributed by atoms with Crippen LogP contribution in [-0.2, 0) is 12.8 Å². The Bertz CT molecular complexity index is 394. The number of benzene rings is 1. The van der Waals surface area contributed by atoms with E-state index in [9.17, 15) is 4.79 Å². The minimum absolute atomic E-state index is 0.116. The van der Waals surface area contributed by atoms with E-state index in [2.05, 4.69) is 6.07 Å². The normalized spacial score (nSPS) is 14.5. The summed E-state index contributed by atoms with van der Waals surface area (Å²) in [6.45, 7) is 1.62. The SMILES string of the molecule is COc1ccc2c(c1C(C)=O)CCCC2. The molecular formula is C13H16O2. The van der Waals surface area contributed by atoms with E-state index in [0.29, 0.717) is 0 Å². The van der Waals surface area contributed by atoms with Gasteiger partial charge in [0.15, 0.2) is 5.78 Å². The highest BCUT2D eigenvalue weighted by Gasteiger charge is 2.19. The average molecular weight is 204 g/mol. The van der Waals surface area contributed by atoms with Crippen molar-refractivity contribution in [1.82, 2.24) is 0 Å². The first-order valence-electron chi connectivity index (χ1n) is 5.43. The van der Waals surface area contributed by atoms with Gasteiger partial charge in [0.1, 0.15) is 5.75 Å². The minimum atomic E-state index is 0.116. The molecule has 0 N–H and O–H groups in total. The molecule has 80 valence electrons. The molecule has 0 unspecified atom stereocenters. The number of carbonyl (C=O) groups is 1. The Balaban J connectivity index is 2.59. The molecule has 0 atom stereocenters. The van der Waals surface area contributed by atoms with Crippen LogP contribution in [0.3, 0.4) is 0 Å². The van der Waals surface area contributed by atoms with E-state index in [1.54, 1.807) is 14.0 Å². The number of carbonyl (C=O) groups excluding carboxylic acids is 1. The number of rotatable bonds is 2. The monoisotopic (exact) mass is 204 g/mol. The first kappa shape index (κ1) is 10.2. The van der Waals surface area contributed by atoms with E-state index in [4.69, 9.17) is 4.74 Å². The van der Waals surface area contributed by atoms with Gasteiger partial charge in [-0.05, 0) is 49.8 Å². The molecule has 0 heterocycles. The molecule has 15 heavy (non-hydrogen) atoms. The van der Waals surface area contributed by atoms with Gasteiger partial charge in [0.2, 0.25) is 0 Å². The molecule has 0 fully saturated rings. The topological polar surface area (TPSA) is 26.3 Å². The van der Waals surface area contributed by atoms with Crippen LogP contribution in [0.2, 0.25) is 0 Å². The second kappa shape index (κ2) is 4.05. The Morgan fingerprint density at radius 3 is 2.67 bits per heavy atom. The van der Waals surface area contributed by atoms with Gasteiger partial charge in [0.25, 0.3) is 0 Å². The molecule has 0 bridgehead atoms. The second-order valence-corrected chi connectivity index (χ2v) is 4.04. The number of Topliss-reactive ketones (excluding diaryl/α,β-unsaturated/α-hetero) is 1. The molecule has 2 nitrogen and oxygen atoms in total. The third kappa shape index (κ3) is 1.76. The number of hydrogen-bond donors (Lipinski definition) is 0. The zero-order valence-corrected chi connectivity index (χ0v) is 9.30. The maximum atomic E-state index is 11.6. The van der Waals surface area contributed by atoms with E-state index in [0.717, 1.165) is 24.2 Å². The van der Waals surface area contributed by atoms with Crippen LogP contribution in [0.5, 0.6) is 5.75 Å². The third-order valence-corrected chi connectivity index (χ3v) is 3.07. The molecular weight excluding hydrogens is 188 g/mol. The zero-order chi connectivity index (χ0) is 10.8. The van der Waals surface area contributed by atoms with Gasteiger partial charge in [-0.1, -0.05) is 6.07 Å². The zero-order valence-electron chi connectivity index (χ0n) is 9.30. The van der Waals surface area contributed by atoms with Crippen molar-refractivity contribution in [2.75, 3.05) is 7.11 Å². The highest BCUT2D eigenvalue weighted by atomic mass is 16.5. The highest BCUT2D eigenvalue weighted by molar-refractivity contribution is 5.98. The fourth-order valence-electron chi connectivity index (χ4n) is 2.36. The van der Waals surface area contributed by atoms with Crippen molar-refractivity contribution < 1.29 is 9.53 Å². The van der Waals surface area contributed by atoms with Crippen molar-refractivity contribution in [2.45, 2.75) is 32.6 Å². The van der Waals surface area contributed by atoms with E-state index < -0.39 is 0 Å². The number of aryl methyl sites for hydroxylation is 1. The van der Waals surface area contributed by atoms with Crippen LogP contribution in [0, 0.1) is 0 Å². The van der Waals surface area contributed by atoms with Crippen LogP contribution in [0.25, 0.3) is 0 Å². The molecule has 0 radical (unpaired) electrons. The lowest BCUT2D eigenvalue weighted by Crippen LogP contribution is -2.10. The number of fused-ring (bicyclic) bond motifs is 1. The van der Waals surface area contributed by atoms with Crippen LogP contribution in [0.15, 0.2) is 12.1 Å². The van der Waals surface area contributed by atoms with E-state index in [1.165, 1.54) is 24.0 Å². The highest BCUT2D eigenvalue weighted by Crippen LogP contribution is 2.31. The fraction of sp³-hybridized carbons (Fsp3) is 0.462. The fourth-order valence-corrected chi connectivity index (χ4v) is 2.36. The second-order valence-electron chi connectivity index (χ2n) is 4.04. The van der Waals surface area contributed by atoms with Gasteiger partial charge in [-0.15, -0.1) is 0 Å². The predicted octanol–water partition coefficient (Wildman–Crippen LogP) is 2.78. The molecule has 0 aromatic heterocycles. The molecule has 0 spiro atoms. The largest absolute Gasteiger partial charge is 0.496 e. The van der Waals surface area contributed by atoms with Crippen molar-refractivity contribution in [1.29, 1.82) is 0 Å². The van der Waals surface area contributed by atoms with Gasteiger partial charge in [0.05, 0.1) is 12.7 Å². The lowest BCUT2D eigenvalue weighted by atomic mass is 9.86. The lowest BCUT2D eigenvalue weighted by Gasteiger charge is -2.20. The molecule has 0 saturated carbocycles. The number of ether oxygens (including phenoxy) is 1. The molecule has 1 aromatic carbocycles. The van der Waals surface area contributed by atoms with Crippen LogP contribution in [-0.4, -0.2) is 12.9 Å². The average Bonchev–Trinajstić information content (AvgIpc) is 2.27. The molecule has 2 rings (SSSR count). The molecule has 1 aliphatic carbocycles. The summed E-state index contributed by atoms with van der Waals surface area (Å²) < 4.78 is 5.25. The first-order chi connectivity index (χ1) is 7.24. The molecule has 1 aromatic rings. The van der Waals surface area contributed by atoms with Gasteiger partial charge < -0.3 is 4.74 Å². The lowest BCUT2D eigenvalue weighted by molar-refractivity contribution is 0.101. The first-order valence-corrected chi connectivity index (χ1v) is 5.43. The van der Waals surface area contributed by atoms with E-state index >= 15 is 0 Å². The molecule has 0 aliphatic heterocycles. The Morgan fingerprint density at radius 2 is 2.00 bits per heavy atom. The minimum Gasteiger partial charge on any atom is -0.496 e. The maximum Gasteiger partial charge on any atom is 0.163 e. The Kier molecular flexibility index (Phi) is 2.76. The van der Waals surface area contributed by atoms with Crippen LogP contribution < -0.4 is 4.74 Å². The van der Waals surface area contributed by atoms with Crippen LogP contribution in [0.1, 0.15) is 41.3 Å². The van der Waals surface area contributed by atoms with Gasteiger partial charge in [-0.25, -0.2) is 0 Å². The molecule has 2 heteroatoms. The summed E-state index contributed by atoms with van der Waals surface area (Å²) in [5, 5.41) is 0. The van der Waals surface area contributed by atoms with Crippen LogP contribution >= 0.6 is 0 Å². The summed E-state index contributed by atoms with van der Waals surface area (Å²) in [6.07, 6.45) is 4.53. The smallest absolute Gasteiger partial charge is 0.163 e. The van der Waals surface area contributed by atoms with Crippen molar-refractivity contribution in [3.63, 3.8) is 0 Å². The van der Waals surface area contributed by atoms with Crippen molar-refractivity contribution in [3.05, 3.63) is 28.8 Å². The van der Waals surface area contributed by atoms with Crippen LogP contribution in [0.4, 0.5) is 0 Å². The van der Waals surface area contributed by atoms with E-state index in [-0.39, 0.29) is 5.78 Å².